The van der Waals surface area contributed by atoms with E-state index in [1.54, 1.807) is 25.4 Å². The minimum absolute atomic E-state index is 0.00118. The van der Waals surface area contributed by atoms with E-state index in [-0.39, 0.29) is 17.7 Å². The van der Waals surface area contributed by atoms with Gasteiger partial charge in [0.25, 0.3) is 0 Å². The summed E-state index contributed by atoms with van der Waals surface area (Å²) in [6, 6.07) is 20.5. The third-order valence-electron chi connectivity index (χ3n) is 9.06. The molecule has 11 heteroatoms. The van der Waals surface area contributed by atoms with Crippen LogP contribution < -0.4 is 29.7 Å². The molecule has 0 spiro atoms. The fourth-order valence-corrected chi connectivity index (χ4v) is 6.21. The molecule has 1 aliphatic heterocycles. The number of unbranched alkanes of at least 4 members (excludes halogenated alkanes) is 1. The zero-order valence-corrected chi connectivity index (χ0v) is 31.0. The molecule has 1 fully saturated rings. The normalized spacial score (nSPS) is 12.9. The predicted octanol–water partition coefficient (Wildman–Crippen LogP) is 8.29. The maximum Gasteiger partial charge on any atom is 0.425 e. The number of carbonyl (C=O) groups is 2. The number of aryl methyl sites for hydroxylation is 3. The predicted molar refractivity (Wildman–Crippen MR) is 205 cm³/mol. The van der Waals surface area contributed by atoms with E-state index in [1.807, 2.05) is 68.4 Å². The van der Waals surface area contributed by atoms with Crippen LogP contribution >= 0.6 is 0 Å². The number of hydrogen-bond acceptors (Lipinski definition) is 9. The van der Waals surface area contributed by atoms with Crippen molar-refractivity contribution in [3.63, 3.8) is 0 Å². The molecular weight excluding hydrogens is 656 g/mol. The van der Waals surface area contributed by atoms with Gasteiger partial charge >= 0.3 is 6.09 Å². The van der Waals surface area contributed by atoms with Crippen molar-refractivity contribution in [3.05, 3.63) is 89.6 Å². The number of hydrogen-bond donors (Lipinski definition) is 2. The highest BCUT2D eigenvalue weighted by molar-refractivity contribution is 5.98. The van der Waals surface area contributed by atoms with Crippen molar-refractivity contribution in [2.45, 2.75) is 72.1 Å². The Morgan fingerprint density at radius 2 is 1.73 bits per heavy atom. The summed E-state index contributed by atoms with van der Waals surface area (Å²) in [6.07, 6.45) is 8.61. The molecule has 2 amide bonds. The first-order valence-corrected chi connectivity index (χ1v) is 18.4. The highest BCUT2D eigenvalue weighted by Crippen LogP contribution is 2.36. The van der Waals surface area contributed by atoms with Crippen LogP contribution in [0.5, 0.6) is 17.2 Å². The Balaban J connectivity index is 1.35. The first kappa shape index (κ1) is 38.1. The number of anilines is 4. The van der Waals surface area contributed by atoms with Crippen LogP contribution in [0, 0.1) is 13.8 Å². The maximum absolute atomic E-state index is 14.1. The van der Waals surface area contributed by atoms with Gasteiger partial charge in [0.05, 0.1) is 19.4 Å². The molecule has 0 radical (unpaired) electrons. The lowest BCUT2D eigenvalue weighted by Gasteiger charge is -2.26. The second kappa shape index (κ2) is 19.4. The van der Waals surface area contributed by atoms with Gasteiger partial charge in [-0.25, -0.2) is 14.7 Å². The van der Waals surface area contributed by atoms with Gasteiger partial charge in [-0.1, -0.05) is 50.1 Å². The largest absolute Gasteiger partial charge is 0.495 e. The number of nitrogens with zero attached hydrogens (tertiary/aromatic N) is 4. The van der Waals surface area contributed by atoms with E-state index in [0.29, 0.717) is 43.2 Å². The molecule has 0 aliphatic carbocycles. The van der Waals surface area contributed by atoms with E-state index in [9.17, 15) is 9.59 Å². The van der Waals surface area contributed by atoms with Crippen molar-refractivity contribution in [2.24, 2.45) is 0 Å². The van der Waals surface area contributed by atoms with E-state index in [0.717, 1.165) is 53.9 Å². The number of benzene rings is 3. The number of carbonyl (C=O) groups excluding carboxylic acids is 2. The van der Waals surface area contributed by atoms with Gasteiger partial charge < -0.3 is 29.7 Å². The Morgan fingerprint density at radius 3 is 2.50 bits per heavy atom. The summed E-state index contributed by atoms with van der Waals surface area (Å²) in [4.78, 5) is 39.6. The van der Waals surface area contributed by atoms with Crippen molar-refractivity contribution < 1.29 is 23.8 Å². The summed E-state index contributed by atoms with van der Waals surface area (Å²) >= 11 is 0. The van der Waals surface area contributed by atoms with Gasteiger partial charge in [-0.3, -0.25) is 4.79 Å². The molecule has 11 nitrogen and oxygen atoms in total. The number of methoxy groups -OCH3 is 1. The number of piperidine rings is 1. The number of ether oxygens (including phenoxy) is 3. The monoisotopic (exact) mass is 708 g/mol. The summed E-state index contributed by atoms with van der Waals surface area (Å²) in [7, 11) is 1.55. The van der Waals surface area contributed by atoms with Crippen LogP contribution in [-0.4, -0.2) is 66.8 Å². The molecule has 2 heterocycles. The molecule has 276 valence electrons. The fraction of sp³-hybridized carbons (Fsp3) is 0.415. The lowest BCUT2D eigenvalue weighted by atomic mass is 10.1. The second-order valence-corrected chi connectivity index (χ2v) is 13.1. The topological polar surface area (TPSA) is 118 Å². The molecule has 4 aromatic rings. The van der Waals surface area contributed by atoms with Crippen LogP contribution in [0.2, 0.25) is 0 Å². The summed E-state index contributed by atoms with van der Waals surface area (Å²) in [5, 5.41) is 6.23. The molecule has 3 aromatic carbocycles. The molecule has 1 aliphatic rings. The first-order chi connectivity index (χ1) is 25.3. The molecule has 2 N–H and O–H groups in total. The van der Waals surface area contributed by atoms with Crippen molar-refractivity contribution >= 4 is 35.1 Å². The fourth-order valence-electron chi connectivity index (χ4n) is 6.21. The minimum Gasteiger partial charge on any atom is -0.495 e. The van der Waals surface area contributed by atoms with Crippen LogP contribution in [0.3, 0.4) is 0 Å². The lowest BCUT2D eigenvalue weighted by molar-refractivity contribution is -0.121. The van der Waals surface area contributed by atoms with Gasteiger partial charge in [0.15, 0.2) is 0 Å². The van der Waals surface area contributed by atoms with Crippen LogP contribution in [0.4, 0.5) is 27.9 Å². The minimum atomic E-state index is -0.664. The van der Waals surface area contributed by atoms with E-state index in [2.05, 4.69) is 27.4 Å². The SMILES string of the molecule is CCCCNC(=O)CCc1ccc(N(C(=O)Oc2c(C)cccc2C)c2ccnc(Nc3cccc(OCCCN4CCCCC4)c3)n2)c(OC)c1. The van der Waals surface area contributed by atoms with Crippen molar-refractivity contribution in [1.82, 2.24) is 20.2 Å². The van der Waals surface area contributed by atoms with E-state index in [1.165, 1.54) is 37.3 Å². The Hall–Kier alpha value is -5.16. The van der Waals surface area contributed by atoms with Gasteiger partial charge in [0.1, 0.15) is 23.1 Å². The smallest absolute Gasteiger partial charge is 0.425 e. The lowest BCUT2D eigenvalue weighted by Crippen LogP contribution is -2.31. The zero-order valence-electron chi connectivity index (χ0n) is 31.0. The zero-order chi connectivity index (χ0) is 36.7. The van der Waals surface area contributed by atoms with Crippen molar-refractivity contribution in [1.29, 1.82) is 0 Å². The van der Waals surface area contributed by atoms with Gasteiger partial charge in [-0.05, 0) is 100.0 Å². The van der Waals surface area contributed by atoms with Crippen LogP contribution in [-0.2, 0) is 11.2 Å². The Morgan fingerprint density at radius 1 is 0.942 bits per heavy atom. The number of nitrogens with one attached hydrogen (secondary N) is 2. The van der Waals surface area contributed by atoms with E-state index >= 15 is 0 Å². The molecule has 1 saturated heterocycles. The number of para-hydroxylation sites is 1. The molecule has 0 bridgehead atoms. The quantitative estimate of drug-likeness (QED) is 0.105. The first-order valence-electron chi connectivity index (χ1n) is 18.4. The summed E-state index contributed by atoms with van der Waals surface area (Å²) in [6.45, 7) is 10.6. The van der Waals surface area contributed by atoms with Gasteiger partial charge in [0, 0.05) is 43.5 Å². The third-order valence-corrected chi connectivity index (χ3v) is 9.06. The molecule has 0 atom stereocenters. The molecular formula is C41H52N6O5. The van der Waals surface area contributed by atoms with E-state index in [4.69, 9.17) is 19.2 Å². The average molecular weight is 709 g/mol. The standard InChI is InChI=1S/C41H52N6O5/c1-5-6-22-42-38(48)20-18-32-17-19-35(36(28-32)50-4)47(41(49)52-39-30(2)13-10-14-31(39)3)37-21-23-43-40(45-37)44-33-15-11-16-34(29-33)51-27-12-26-46-24-8-7-9-25-46/h10-11,13-17,19,21,23,28-29H,5-9,12,18,20,22,24-27H2,1-4H3,(H,42,48)(H,43,44,45). The van der Waals surface area contributed by atoms with Crippen LogP contribution in [0.25, 0.3) is 0 Å². The summed E-state index contributed by atoms with van der Waals surface area (Å²) in [5.74, 6) is 2.22. The average Bonchev–Trinajstić information content (AvgIpc) is 3.15. The molecule has 52 heavy (non-hydrogen) atoms. The van der Waals surface area contributed by atoms with Gasteiger partial charge in [-0.2, -0.15) is 4.98 Å². The van der Waals surface area contributed by atoms with Gasteiger partial charge in [-0.15, -0.1) is 0 Å². The second-order valence-electron chi connectivity index (χ2n) is 13.1. The summed E-state index contributed by atoms with van der Waals surface area (Å²) < 4.78 is 17.9. The van der Waals surface area contributed by atoms with Crippen molar-refractivity contribution in [2.75, 3.05) is 50.1 Å². The van der Waals surface area contributed by atoms with Gasteiger partial charge in [0.2, 0.25) is 11.9 Å². The summed E-state index contributed by atoms with van der Waals surface area (Å²) in [5.41, 5.74) is 3.72. The number of amides is 2. The van der Waals surface area contributed by atoms with Crippen LogP contribution in [0.15, 0.2) is 72.9 Å². The number of aromatic nitrogens is 2. The van der Waals surface area contributed by atoms with E-state index < -0.39 is 6.09 Å². The number of likely N-dealkylation sites (tertiary alicyclic amines) is 1. The molecule has 0 unspecified atom stereocenters. The Kier molecular flexibility index (Phi) is 14.2. The Bertz CT molecular complexity index is 1760. The highest BCUT2D eigenvalue weighted by atomic mass is 16.6. The van der Waals surface area contributed by atoms with Crippen LogP contribution in [0.1, 0.15) is 68.6 Å². The Labute approximate surface area is 307 Å². The third kappa shape index (κ3) is 10.9. The van der Waals surface area contributed by atoms with Crippen molar-refractivity contribution in [3.8, 4) is 17.2 Å². The molecule has 1 aromatic heterocycles. The number of rotatable bonds is 17. The highest BCUT2D eigenvalue weighted by Gasteiger charge is 2.27. The molecule has 0 saturated carbocycles. The maximum atomic E-state index is 14.1. The molecule has 5 rings (SSSR count).